The van der Waals surface area contributed by atoms with Crippen molar-refractivity contribution in [3.63, 3.8) is 0 Å². The van der Waals surface area contributed by atoms with Gasteiger partial charge in [0.2, 0.25) is 5.88 Å². The Morgan fingerprint density at radius 3 is 2.58 bits per heavy atom. The molecule has 2 aliphatic heterocycles. The quantitative estimate of drug-likeness (QED) is 0.770. The summed E-state index contributed by atoms with van der Waals surface area (Å²) < 4.78 is 43.7. The minimum atomic E-state index is -5.08. The highest BCUT2D eigenvalue weighted by atomic mass is 19.4. The number of likely N-dealkylation sites (tertiary alicyclic amines) is 1. The maximum absolute atomic E-state index is 12.8. The van der Waals surface area contributed by atoms with Crippen LogP contribution in [0.2, 0.25) is 0 Å². The molecular formula is C19H19F3N4O5. The van der Waals surface area contributed by atoms with E-state index in [4.69, 9.17) is 19.4 Å². The van der Waals surface area contributed by atoms with Crippen molar-refractivity contribution in [3.8, 4) is 5.88 Å². The molecule has 4 rings (SSSR count). The number of hydrogen-bond donors (Lipinski definition) is 1. The molecule has 0 spiro atoms. The molecular weight excluding hydrogens is 421 g/mol. The van der Waals surface area contributed by atoms with Crippen LogP contribution in [-0.2, 0) is 9.53 Å². The van der Waals surface area contributed by atoms with E-state index < -0.39 is 12.1 Å². The lowest BCUT2D eigenvalue weighted by Crippen LogP contribution is -2.44. The molecule has 0 saturated carbocycles. The molecule has 0 aromatic carbocycles. The van der Waals surface area contributed by atoms with E-state index in [-0.39, 0.29) is 24.2 Å². The van der Waals surface area contributed by atoms with Crippen molar-refractivity contribution in [2.45, 2.75) is 37.3 Å². The first-order valence-corrected chi connectivity index (χ1v) is 9.34. The topological polar surface area (TPSA) is 115 Å². The average Bonchev–Trinajstić information content (AvgIpc) is 3.13. The summed E-state index contributed by atoms with van der Waals surface area (Å²) in [5, 5.41) is 14.7. The maximum Gasteiger partial charge on any atom is 0.490 e. The molecule has 2 saturated heterocycles. The highest BCUT2D eigenvalue weighted by Crippen LogP contribution is 2.32. The molecule has 0 bridgehead atoms. The highest BCUT2D eigenvalue weighted by molar-refractivity contribution is 5.94. The standard InChI is InChI=1S/C17H18N4O3.C2HF3O2/c22-17(12-6-8-19-20-10-12)21-11-14(16-13(21)4-3-9-23-16)24-15-5-1-2-7-18-15;3-2(4,5)1(6)7/h1-2,5-8,10,13-14,16H,3-4,9,11H2;(H,6,7)/t13-,14-,16+;/m1./s1. The first-order chi connectivity index (χ1) is 14.8. The third kappa shape index (κ3) is 5.66. The summed E-state index contributed by atoms with van der Waals surface area (Å²) in [6, 6.07) is 7.24. The van der Waals surface area contributed by atoms with E-state index >= 15 is 0 Å². The highest BCUT2D eigenvalue weighted by Gasteiger charge is 2.47. The van der Waals surface area contributed by atoms with Gasteiger partial charge in [0, 0.05) is 18.9 Å². The van der Waals surface area contributed by atoms with Crippen molar-refractivity contribution in [1.29, 1.82) is 0 Å². The second kappa shape index (κ2) is 9.69. The number of nitrogens with zero attached hydrogens (tertiary/aromatic N) is 4. The number of carboxylic acid groups (broad SMARTS) is 1. The second-order valence-corrected chi connectivity index (χ2v) is 6.76. The summed E-state index contributed by atoms with van der Waals surface area (Å²) in [6.07, 6.45) is 1.14. The molecule has 1 amide bonds. The fraction of sp³-hybridized carbons (Fsp3) is 0.421. The van der Waals surface area contributed by atoms with Crippen molar-refractivity contribution < 1.29 is 37.3 Å². The minimum Gasteiger partial charge on any atom is -0.475 e. The molecule has 166 valence electrons. The van der Waals surface area contributed by atoms with Crippen LogP contribution in [0.3, 0.4) is 0 Å². The lowest BCUT2D eigenvalue weighted by atomic mass is 10.0. The first kappa shape index (κ1) is 22.4. The van der Waals surface area contributed by atoms with Crippen LogP contribution in [0.5, 0.6) is 5.88 Å². The van der Waals surface area contributed by atoms with Gasteiger partial charge in [-0.1, -0.05) is 6.07 Å². The first-order valence-electron chi connectivity index (χ1n) is 9.34. The summed E-state index contributed by atoms with van der Waals surface area (Å²) in [5.41, 5.74) is 0.535. The van der Waals surface area contributed by atoms with Gasteiger partial charge in [-0.3, -0.25) is 4.79 Å². The number of fused-ring (bicyclic) bond motifs is 1. The Bertz CT molecular complexity index is 885. The van der Waals surface area contributed by atoms with Gasteiger partial charge in [-0.2, -0.15) is 23.4 Å². The summed E-state index contributed by atoms with van der Waals surface area (Å²) in [5.74, 6) is -2.26. The molecule has 2 aromatic rings. The lowest BCUT2D eigenvalue weighted by molar-refractivity contribution is -0.192. The number of aliphatic carboxylic acids is 1. The fourth-order valence-corrected chi connectivity index (χ4v) is 3.40. The Hall–Kier alpha value is -3.28. The van der Waals surface area contributed by atoms with Crippen LogP contribution >= 0.6 is 0 Å². The molecule has 1 N–H and O–H groups in total. The van der Waals surface area contributed by atoms with Crippen LogP contribution in [0.4, 0.5) is 13.2 Å². The third-order valence-electron chi connectivity index (χ3n) is 4.72. The van der Waals surface area contributed by atoms with Gasteiger partial charge in [0.05, 0.1) is 30.5 Å². The number of carboxylic acids is 1. The van der Waals surface area contributed by atoms with E-state index in [2.05, 4.69) is 15.2 Å². The van der Waals surface area contributed by atoms with E-state index in [0.29, 0.717) is 24.6 Å². The molecule has 31 heavy (non-hydrogen) atoms. The van der Waals surface area contributed by atoms with Gasteiger partial charge in [0.25, 0.3) is 5.91 Å². The molecule has 0 unspecified atom stereocenters. The largest absolute Gasteiger partial charge is 0.490 e. The minimum absolute atomic E-state index is 0.0214. The predicted octanol–water partition coefficient (Wildman–Crippen LogP) is 1.96. The number of carbonyl (C=O) groups is 2. The van der Waals surface area contributed by atoms with Crippen LogP contribution in [0, 0.1) is 0 Å². The van der Waals surface area contributed by atoms with Crippen LogP contribution in [0.1, 0.15) is 23.2 Å². The Labute approximate surface area is 174 Å². The number of halogens is 3. The number of alkyl halides is 3. The Kier molecular flexibility index (Phi) is 7.00. The van der Waals surface area contributed by atoms with Crippen LogP contribution in [0.25, 0.3) is 0 Å². The molecule has 12 heteroatoms. The van der Waals surface area contributed by atoms with Crippen LogP contribution in [-0.4, -0.2) is 74.6 Å². The second-order valence-electron chi connectivity index (χ2n) is 6.76. The molecule has 4 heterocycles. The van der Waals surface area contributed by atoms with Gasteiger partial charge in [0.1, 0.15) is 12.2 Å². The van der Waals surface area contributed by atoms with Crippen LogP contribution < -0.4 is 4.74 Å². The molecule has 9 nitrogen and oxygen atoms in total. The molecule has 2 aliphatic rings. The van der Waals surface area contributed by atoms with E-state index in [9.17, 15) is 18.0 Å². The van der Waals surface area contributed by atoms with E-state index in [0.717, 1.165) is 12.8 Å². The van der Waals surface area contributed by atoms with Gasteiger partial charge in [-0.25, -0.2) is 9.78 Å². The van der Waals surface area contributed by atoms with E-state index in [1.165, 1.54) is 12.4 Å². The molecule has 3 atom stereocenters. The van der Waals surface area contributed by atoms with E-state index in [1.807, 2.05) is 23.1 Å². The summed E-state index contributed by atoms with van der Waals surface area (Å²) in [6.45, 7) is 1.18. The molecule has 0 radical (unpaired) electrons. The SMILES string of the molecule is O=C(O)C(F)(F)F.O=C(c1ccnnc1)N1C[C@@H](Oc2ccccn2)[C@H]2OCCC[C@H]21. The number of carbonyl (C=O) groups excluding carboxylic acids is 1. The van der Waals surface area contributed by atoms with Crippen molar-refractivity contribution in [2.24, 2.45) is 0 Å². The monoisotopic (exact) mass is 440 g/mol. The summed E-state index contributed by atoms with van der Waals surface area (Å²) in [7, 11) is 0. The number of aromatic nitrogens is 3. The number of amides is 1. The number of rotatable bonds is 3. The molecule has 2 fully saturated rings. The zero-order valence-electron chi connectivity index (χ0n) is 16.1. The van der Waals surface area contributed by atoms with Gasteiger partial charge in [-0.05, 0) is 25.0 Å². The smallest absolute Gasteiger partial charge is 0.475 e. The van der Waals surface area contributed by atoms with Gasteiger partial charge >= 0.3 is 12.1 Å². The fourth-order valence-electron chi connectivity index (χ4n) is 3.40. The normalized spacial score (nSPS) is 22.7. The molecule has 0 aliphatic carbocycles. The zero-order chi connectivity index (χ0) is 22.4. The van der Waals surface area contributed by atoms with Crippen molar-refractivity contribution in [2.75, 3.05) is 13.2 Å². The van der Waals surface area contributed by atoms with Gasteiger partial charge < -0.3 is 19.5 Å². The number of pyridine rings is 1. The third-order valence-corrected chi connectivity index (χ3v) is 4.72. The summed E-state index contributed by atoms with van der Waals surface area (Å²) in [4.78, 5) is 27.8. The zero-order valence-corrected chi connectivity index (χ0v) is 16.1. The number of hydrogen-bond acceptors (Lipinski definition) is 7. The Morgan fingerprint density at radius 2 is 1.97 bits per heavy atom. The van der Waals surface area contributed by atoms with Gasteiger partial charge in [0.15, 0.2) is 0 Å². The Balaban J connectivity index is 0.000000339. The van der Waals surface area contributed by atoms with Crippen LogP contribution in [0.15, 0.2) is 42.9 Å². The maximum atomic E-state index is 12.8. The van der Waals surface area contributed by atoms with Crippen molar-refractivity contribution in [1.82, 2.24) is 20.1 Å². The van der Waals surface area contributed by atoms with Crippen molar-refractivity contribution >= 4 is 11.9 Å². The summed E-state index contributed by atoms with van der Waals surface area (Å²) >= 11 is 0. The predicted molar refractivity (Wildman–Crippen MR) is 98.2 cm³/mol. The van der Waals surface area contributed by atoms with Gasteiger partial charge in [-0.15, -0.1) is 0 Å². The van der Waals surface area contributed by atoms with E-state index in [1.54, 1.807) is 12.3 Å². The lowest BCUT2D eigenvalue weighted by Gasteiger charge is -2.31. The Morgan fingerprint density at radius 1 is 1.19 bits per heavy atom. The number of ether oxygens (including phenoxy) is 2. The average molecular weight is 440 g/mol. The van der Waals surface area contributed by atoms with Crippen molar-refractivity contribution in [3.05, 3.63) is 48.4 Å². The molecule has 2 aromatic heterocycles.